The van der Waals surface area contributed by atoms with Crippen LogP contribution in [-0.2, 0) is 6.54 Å². The molecule has 1 aliphatic heterocycles. The van der Waals surface area contributed by atoms with Crippen molar-refractivity contribution in [1.82, 2.24) is 4.90 Å². The second-order valence-corrected chi connectivity index (χ2v) is 8.89. The van der Waals surface area contributed by atoms with Crippen LogP contribution in [0.4, 0.5) is 11.4 Å². The lowest BCUT2D eigenvalue weighted by Gasteiger charge is -2.38. The fourth-order valence-corrected chi connectivity index (χ4v) is 4.47. The molecule has 3 aromatic rings. The summed E-state index contributed by atoms with van der Waals surface area (Å²) in [4.78, 5) is 28.3. The van der Waals surface area contributed by atoms with Crippen LogP contribution in [-0.4, -0.2) is 34.9 Å². The molecule has 1 heterocycles. The highest BCUT2D eigenvalue weighted by Crippen LogP contribution is 2.28. The summed E-state index contributed by atoms with van der Waals surface area (Å²) in [5.41, 5.74) is 3.76. The van der Waals surface area contributed by atoms with Gasteiger partial charge in [0.25, 0.3) is 11.6 Å². The number of piperidine rings is 1. The molecule has 0 radical (unpaired) electrons. The van der Waals surface area contributed by atoms with Crippen molar-refractivity contribution in [1.29, 1.82) is 0 Å². The first kappa shape index (κ1) is 23.0. The number of hydrogen-bond donors (Lipinski definition) is 0. The summed E-state index contributed by atoms with van der Waals surface area (Å²) in [5, 5.41) is 11.4. The van der Waals surface area contributed by atoms with Crippen LogP contribution >= 0.6 is 11.6 Å². The Morgan fingerprint density at radius 3 is 2.33 bits per heavy atom. The molecule has 0 aliphatic carbocycles. The highest BCUT2D eigenvalue weighted by molar-refractivity contribution is 6.31. The van der Waals surface area contributed by atoms with Crippen LogP contribution in [0.1, 0.15) is 34.3 Å². The fourth-order valence-electron chi connectivity index (χ4n) is 4.28. The molecule has 170 valence electrons. The molecule has 1 fully saturated rings. The minimum absolute atomic E-state index is 0.0461. The summed E-state index contributed by atoms with van der Waals surface area (Å²) in [6, 6.07) is 21.9. The van der Waals surface area contributed by atoms with E-state index in [0.29, 0.717) is 10.6 Å². The topological polar surface area (TPSA) is 66.7 Å². The molecule has 0 spiro atoms. The van der Waals surface area contributed by atoms with Crippen molar-refractivity contribution >= 4 is 28.9 Å². The zero-order valence-electron chi connectivity index (χ0n) is 18.5. The van der Waals surface area contributed by atoms with E-state index >= 15 is 0 Å². The van der Waals surface area contributed by atoms with Crippen LogP contribution in [0, 0.1) is 17.0 Å². The number of likely N-dealkylation sites (tertiary alicyclic amines) is 1. The Bertz CT molecular complexity index is 1120. The van der Waals surface area contributed by atoms with Crippen LogP contribution in [0.15, 0.2) is 72.8 Å². The fraction of sp³-hybridized carbons (Fsp3) is 0.269. The van der Waals surface area contributed by atoms with Crippen LogP contribution in [0.25, 0.3) is 0 Å². The maximum absolute atomic E-state index is 13.5. The third-order valence-corrected chi connectivity index (χ3v) is 6.31. The van der Waals surface area contributed by atoms with Gasteiger partial charge >= 0.3 is 0 Å². The van der Waals surface area contributed by atoms with Crippen molar-refractivity contribution in [3.8, 4) is 0 Å². The maximum atomic E-state index is 13.5. The van der Waals surface area contributed by atoms with Crippen molar-refractivity contribution in [2.75, 3.05) is 18.0 Å². The molecule has 1 aliphatic rings. The van der Waals surface area contributed by atoms with E-state index in [1.165, 1.54) is 0 Å². The smallest absolute Gasteiger partial charge is 0.269 e. The lowest BCUT2D eigenvalue weighted by atomic mass is 10.00. The Kier molecular flexibility index (Phi) is 7.06. The Hall–Kier alpha value is -3.22. The Morgan fingerprint density at radius 2 is 1.73 bits per heavy atom. The largest absolute Gasteiger partial charge is 0.305 e. The van der Waals surface area contributed by atoms with Crippen molar-refractivity contribution in [3.63, 3.8) is 0 Å². The van der Waals surface area contributed by atoms with E-state index in [9.17, 15) is 14.9 Å². The van der Waals surface area contributed by atoms with E-state index in [1.54, 1.807) is 36.4 Å². The highest BCUT2D eigenvalue weighted by atomic mass is 35.5. The number of aryl methyl sites for hydroxylation is 1. The number of nitro groups is 1. The molecule has 33 heavy (non-hydrogen) atoms. The highest BCUT2D eigenvalue weighted by Gasteiger charge is 2.30. The van der Waals surface area contributed by atoms with E-state index in [4.69, 9.17) is 11.6 Å². The van der Waals surface area contributed by atoms with Crippen molar-refractivity contribution in [2.45, 2.75) is 32.4 Å². The average Bonchev–Trinajstić information content (AvgIpc) is 2.82. The molecule has 0 N–H and O–H groups in total. The molecule has 0 saturated carbocycles. The molecule has 1 amide bonds. The summed E-state index contributed by atoms with van der Waals surface area (Å²) in [6.45, 7) is 4.45. The van der Waals surface area contributed by atoms with E-state index in [2.05, 4.69) is 4.90 Å². The molecule has 0 aromatic heterocycles. The van der Waals surface area contributed by atoms with Crippen molar-refractivity contribution < 1.29 is 9.72 Å². The van der Waals surface area contributed by atoms with Crippen LogP contribution in [0.2, 0.25) is 5.02 Å². The Labute approximate surface area is 198 Å². The lowest BCUT2D eigenvalue weighted by molar-refractivity contribution is -0.384. The molecule has 0 atom stereocenters. The maximum Gasteiger partial charge on any atom is 0.269 e. The van der Waals surface area contributed by atoms with E-state index < -0.39 is 0 Å². The summed E-state index contributed by atoms with van der Waals surface area (Å²) >= 11 is 6.15. The van der Waals surface area contributed by atoms with Gasteiger partial charge < -0.3 is 4.90 Å². The second kappa shape index (κ2) is 10.1. The van der Waals surface area contributed by atoms with Gasteiger partial charge in [0.2, 0.25) is 0 Å². The molecule has 1 saturated heterocycles. The van der Waals surface area contributed by atoms with Crippen molar-refractivity contribution in [3.05, 3.63) is 105 Å². The molecular weight excluding hydrogens is 438 g/mol. The molecule has 7 heteroatoms. The van der Waals surface area contributed by atoms with Crippen LogP contribution < -0.4 is 4.90 Å². The third kappa shape index (κ3) is 5.59. The zero-order chi connectivity index (χ0) is 23.4. The number of rotatable bonds is 6. The number of carbonyl (C=O) groups is 1. The standard InChI is InChI=1S/C26H26ClN3O3/c1-19-5-9-23(10-6-19)29(26(31)21-3-2-4-22(27)17-21)24-13-15-28(16-14-24)18-20-7-11-25(12-8-20)30(32)33/h2-12,17,24H,13-16,18H2,1H3. The number of halogens is 1. The van der Waals surface area contributed by atoms with Crippen LogP contribution in [0.3, 0.4) is 0 Å². The molecular formula is C26H26ClN3O3. The second-order valence-electron chi connectivity index (χ2n) is 8.45. The lowest BCUT2D eigenvalue weighted by Crippen LogP contribution is -2.47. The first-order valence-corrected chi connectivity index (χ1v) is 11.4. The summed E-state index contributed by atoms with van der Waals surface area (Å²) in [7, 11) is 0. The number of carbonyl (C=O) groups excluding carboxylic acids is 1. The minimum atomic E-state index is -0.383. The number of nitrogens with zero attached hydrogens (tertiary/aromatic N) is 3. The van der Waals surface area contributed by atoms with Gasteiger partial charge in [0.05, 0.1) is 4.92 Å². The number of amides is 1. The number of non-ortho nitro benzene ring substituents is 1. The first-order chi connectivity index (χ1) is 15.9. The number of anilines is 1. The number of hydrogen-bond acceptors (Lipinski definition) is 4. The monoisotopic (exact) mass is 463 g/mol. The summed E-state index contributed by atoms with van der Waals surface area (Å²) in [5.74, 6) is -0.0461. The SMILES string of the molecule is Cc1ccc(N(C(=O)c2cccc(Cl)c2)C2CCN(Cc3ccc([N+](=O)[O-])cc3)CC2)cc1. The van der Waals surface area contributed by atoms with Crippen LogP contribution in [0.5, 0.6) is 0 Å². The van der Waals surface area contributed by atoms with E-state index in [-0.39, 0.29) is 22.6 Å². The molecule has 6 nitrogen and oxygen atoms in total. The quantitative estimate of drug-likeness (QED) is 0.339. The molecule has 3 aromatic carbocycles. The van der Waals surface area contributed by atoms with Gasteiger partial charge in [-0.25, -0.2) is 0 Å². The minimum Gasteiger partial charge on any atom is -0.305 e. The summed E-state index contributed by atoms with van der Waals surface area (Å²) < 4.78 is 0. The van der Waals surface area contributed by atoms with E-state index in [1.807, 2.05) is 48.2 Å². The van der Waals surface area contributed by atoms with Gasteiger partial charge in [-0.2, -0.15) is 0 Å². The van der Waals surface area contributed by atoms with Gasteiger partial charge in [-0.3, -0.25) is 19.8 Å². The molecule has 4 rings (SSSR count). The number of nitro benzene ring substituents is 1. The summed E-state index contributed by atoms with van der Waals surface area (Å²) in [6.07, 6.45) is 1.68. The number of benzene rings is 3. The normalized spacial score (nSPS) is 14.7. The van der Waals surface area contributed by atoms with E-state index in [0.717, 1.165) is 49.3 Å². The predicted molar refractivity (Wildman–Crippen MR) is 131 cm³/mol. The molecule has 0 unspecified atom stereocenters. The van der Waals surface area contributed by atoms with Gasteiger partial charge in [0.15, 0.2) is 0 Å². The van der Waals surface area contributed by atoms with Crippen molar-refractivity contribution in [2.24, 2.45) is 0 Å². The average molecular weight is 464 g/mol. The third-order valence-electron chi connectivity index (χ3n) is 6.08. The predicted octanol–water partition coefficient (Wildman–Crippen LogP) is 5.87. The first-order valence-electron chi connectivity index (χ1n) is 11.0. The van der Waals surface area contributed by atoms with Gasteiger partial charge in [0, 0.05) is 54.1 Å². The molecule has 0 bridgehead atoms. The van der Waals surface area contributed by atoms with Gasteiger partial charge in [-0.15, -0.1) is 0 Å². The van der Waals surface area contributed by atoms with Gasteiger partial charge in [-0.1, -0.05) is 47.5 Å². The van der Waals surface area contributed by atoms with Gasteiger partial charge in [0.1, 0.15) is 0 Å². The van der Waals surface area contributed by atoms with Gasteiger partial charge in [-0.05, 0) is 55.7 Å². The Morgan fingerprint density at radius 1 is 1.06 bits per heavy atom. The Balaban J connectivity index is 1.48. The zero-order valence-corrected chi connectivity index (χ0v) is 19.2.